The van der Waals surface area contributed by atoms with E-state index in [9.17, 15) is 13.2 Å². The summed E-state index contributed by atoms with van der Waals surface area (Å²) in [6, 6.07) is 4.85. The van der Waals surface area contributed by atoms with E-state index in [1.54, 1.807) is 18.2 Å². The number of sulfonamides is 1. The summed E-state index contributed by atoms with van der Waals surface area (Å²) < 4.78 is 36.3. The van der Waals surface area contributed by atoms with Crippen LogP contribution in [-0.2, 0) is 10.0 Å². The summed E-state index contributed by atoms with van der Waals surface area (Å²) in [5.41, 5.74) is 0.341. The van der Waals surface area contributed by atoms with E-state index in [4.69, 9.17) is 9.47 Å². The lowest BCUT2D eigenvalue weighted by Crippen LogP contribution is -2.40. The lowest BCUT2D eigenvalue weighted by molar-refractivity contribution is 0.0953. The van der Waals surface area contributed by atoms with E-state index >= 15 is 0 Å². The first-order valence-corrected chi connectivity index (χ1v) is 9.57. The molecule has 24 heavy (non-hydrogen) atoms. The van der Waals surface area contributed by atoms with Gasteiger partial charge in [-0.15, -0.1) is 0 Å². The van der Waals surface area contributed by atoms with Gasteiger partial charge in [0.2, 0.25) is 10.0 Å². The number of ether oxygens (including phenoxy) is 2. The third kappa shape index (κ3) is 4.61. The van der Waals surface area contributed by atoms with Crippen LogP contribution >= 0.6 is 0 Å². The van der Waals surface area contributed by atoms with Crippen molar-refractivity contribution in [2.45, 2.75) is 19.3 Å². The second-order valence-electron chi connectivity index (χ2n) is 5.60. The molecule has 0 aromatic heterocycles. The summed E-state index contributed by atoms with van der Waals surface area (Å²) in [4.78, 5) is 12.2. The number of benzene rings is 1. The van der Waals surface area contributed by atoms with Crippen molar-refractivity contribution < 1.29 is 22.7 Å². The van der Waals surface area contributed by atoms with Crippen molar-refractivity contribution in [2.75, 3.05) is 39.6 Å². The average Bonchev–Trinajstić information content (AvgIpc) is 2.61. The van der Waals surface area contributed by atoms with Crippen molar-refractivity contribution in [2.24, 2.45) is 0 Å². The Morgan fingerprint density at radius 2 is 1.88 bits per heavy atom. The number of methoxy groups -OCH3 is 2. The van der Waals surface area contributed by atoms with E-state index in [0.29, 0.717) is 30.2 Å². The molecule has 1 aliphatic rings. The Morgan fingerprint density at radius 3 is 2.50 bits per heavy atom. The van der Waals surface area contributed by atoms with Crippen LogP contribution in [0.25, 0.3) is 0 Å². The minimum atomic E-state index is -3.32. The molecule has 1 aliphatic heterocycles. The zero-order chi connectivity index (χ0) is 17.6. The van der Waals surface area contributed by atoms with Gasteiger partial charge in [-0.25, -0.2) is 12.7 Å². The molecule has 7 nitrogen and oxygen atoms in total. The van der Waals surface area contributed by atoms with Gasteiger partial charge in [-0.05, 0) is 25.0 Å². The molecule has 0 unspecified atom stereocenters. The van der Waals surface area contributed by atoms with Gasteiger partial charge in [-0.3, -0.25) is 4.79 Å². The molecule has 8 heteroatoms. The molecule has 1 aromatic rings. The van der Waals surface area contributed by atoms with Crippen molar-refractivity contribution in [3.63, 3.8) is 0 Å². The van der Waals surface area contributed by atoms with Gasteiger partial charge in [0.25, 0.3) is 5.91 Å². The standard InChI is InChI=1S/C16H24N2O5S/c1-22-13-6-7-14(15(12-13)23-2)16(19)17-8-11-24(20,21)18-9-4-3-5-10-18/h6-7,12H,3-5,8-11H2,1-2H3,(H,17,19). The fourth-order valence-electron chi connectivity index (χ4n) is 2.65. The summed E-state index contributed by atoms with van der Waals surface area (Å²) >= 11 is 0. The molecule has 1 heterocycles. The van der Waals surface area contributed by atoms with Gasteiger partial charge in [0.15, 0.2) is 0 Å². The van der Waals surface area contributed by atoms with Gasteiger partial charge in [-0.1, -0.05) is 6.42 Å². The van der Waals surface area contributed by atoms with Crippen LogP contribution < -0.4 is 14.8 Å². The molecule has 0 radical (unpaired) electrons. The number of amides is 1. The highest BCUT2D eigenvalue weighted by atomic mass is 32.2. The van der Waals surface area contributed by atoms with E-state index in [1.165, 1.54) is 18.5 Å². The Labute approximate surface area is 143 Å². The number of hydrogen-bond acceptors (Lipinski definition) is 5. The summed E-state index contributed by atoms with van der Waals surface area (Å²) in [5.74, 6) is 0.488. The molecule has 1 N–H and O–H groups in total. The molecule has 1 amide bonds. The number of carbonyl (C=O) groups is 1. The summed E-state index contributed by atoms with van der Waals surface area (Å²) in [6.45, 7) is 1.21. The maximum atomic E-state index is 12.2. The quantitative estimate of drug-likeness (QED) is 0.795. The molecular weight excluding hydrogens is 332 g/mol. The second-order valence-corrected chi connectivity index (χ2v) is 7.69. The van der Waals surface area contributed by atoms with Gasteiger partial charge < -0.3 is 14.8 Å². The van der Waals surface area contributed by atoms with Crippen molar-refractivity contribution in [1.82, 2.24) is 9.62 Å². The van der Waals surface area contributed by atoms with Crippen LogP contribution in [0.4, 0.5) is 0 Å². The molecule has 1 fully saturated rings. The Kier molecular flexibility index (Phi) is 6.44. The number of nitrogens with one attached hydrogen (secondary N) is 1. The van der Waals surface area contributed by atoms with Crippen molar-refractivity contribution in [1.29, 1.82) is 0 Å². The number of carbonyl (C=O) groups excluding carboxylic acids is 1. The van der Waals surface area contributed by atoms with Gasteiger partial charge >= 0.3 is 0 Å². The highest BCUT2D eigenvalue weighted by Crippen LogP contribution is 2.24. The second kappa shape index (κ2) is 8.34. The van der Waals surface area contributed by atoms with Crippen LogP contribution in [0.5, 0.6) is 11.5 Å². The van der Waals surface area contributed by atoms with Gasteiger partial charge in [0.1, 0.15) is 11.5 Å². The highest BCUT2D eigenvalue weighted by Gasteiger charge is 2.23. The highest BCUT2D eigenvalue weighted by molar-refractivity contribution is 7.89. The fraction of sp³-hybridized carbons (Fsp3) is 0.562. The number of piperidine rings is 1. The largest absolute Gasteiger partial charge is 0.497 e. The van der Waals surface area contributed by atoms with E-state index < -0.39 is 10.0 Å². The van der Waals surface area contributed by atoms with E-state index in [2.05, 4.69) is 5.32 Å². The van der Waals surface area contributed by atoms with Crippen LogP contribution in [0.15, 0.2) is 18.2 Å². The number of hydrogen-bond donors (Lipinski definition) is 1. The first-order chi connectivity index (χ1) is 11.5. The SMILES string of the molecule is COc1ccc(C(=O)NCCS(=O)(=O)N2CCCCC2)c(OC)c1. The fourth-order valence-corrected chi connectivity index (χ4v) is 4.08. The summed E-state index contributed by atoms with van der Waals surface area (Å²) in [6.07, 6.45) is 2.86. The maximum Gasteiger partial charge on any atom is 0.255 e. The predicted molar refractivity (Wildman–Crippen MR) is 91.1 cm³/mol. The third-order valence-corrected chi connectivity index (χ3v) is 5.88. The molecular formula is C16H24N2O5S. The molecule has 0 bridgehead atoms. The molecule has 0 atom stereocenters. The smallest absolute Gasteiger partial charge is 0.255 e. The van der Waals surface area contributed by atoms with Crippen LogP contribution in [0.3, 0.4) is 0 Å². The monoisotopic (exact) mass is 356 g/mol. The van der Waals surface area contributed by atoms with Gasteiger partial charge in [0.05, 0.1) is 25.5 Å². The molecule has 2 rings (SSSR count). The lowest BCUT2D eigenvalue weighted by Gasteiger charge is -2.25. The van der Waals surface area contributed by atoms with Crippen LogP contribution in [0.2, 0.25) is 0 Å². The van der Waals surface area contributed by atoms with Crippen LogP contribution in [0.1, 0.15) is 29.6 Å². The topological polar surface area (TPSA) is 84.9 Å². The maximum absolute atomic E-state index is 12.2. The van der Waals surface area contributed by atoms with Crippen LogP contribution in [0, 0.1) is 0 Å². The summed E-state index contributed by atoms with van der Waals surface area (Å²) in [5, 5.41) is 2.64. The zero-order valence-corrected chi connectivity index (χ0v) is 14.9. The third-order valence-electron chi connectivity index (χ3n) is 4.01. The van der Waals surface area contributed by atoms with E-state index in [1.807, 2.05) is 0 Å². The molecule has 0 saturated carbocycles. The number of nitrogens with zero attached hydrogens (tertiary/aromatic N) is 1. The molecule has 0 spiro atoms. The summed E-state index contributed by atoms with van der Waals surface area (Å²) in [7, 11) is -0.328. The minimum Gasteiger partial charge on any atom is -0.497 e. The Hall–Kier alpha value is -1.80. The lowest BCUT2D eigenvalue weighted by atomic mass is 10.2. The molecule has 1 saturated heterocycles. The molecule has 134 valence electrons. The Bertz CT molecular complexity index is 669. The minimum absolute atomic E-state index is 0.0624. The van der Waals surface area contributed by atoms with Crippen molar-refractivity contribution in [3.8, 4) is 11.5 Å². The van der Waals surface area contributed by atoms with E-state index in [-0.39, 0.29) is 18.2 Å². The zero-order valence-electron chi connectivity index (χ0n) is 14.1. The van der Waals surface area contributed by atoms with Crippen LogP contribution in [-0.4, -0.2) is 58.2 Å². The Morgan fingerprint density at radius 1 is 1.17 bits per heavy atom. The predicted octanol–water partition coefficient (Wildman–Crippen LogP) is 1.25. The molecule has 1 aromatic carbocycles. The van der Waals surface area contributed by atoms with Crippen molar-refractivity contribution in [3.05, 3.63) is 23.8 Å². The normalized spacial score (nSPS) is 15.8. The van der Waals surface area contributed by atoms with Crippen molar-refractivity contribution >= 4 is 15.9 Å². The first-order valence-electron chi connectivity index (χ1n) is 7.96. The van der Waals surface area contributed by atoms with Gasteiger partial charge in [-0.2, -0.15) is 0 Å². The first kappa shape index (κ1) is 18.5. The number of rotatable bonds is 7. The molecule has 0 aliphatic carbocycles. The average molecular weight is 356 g/mol. The Balaban J connectivity index is 1.93. The van der Waals surface area contributed by atoms with E-state index in [0.717, 1.165) is 19.3 Å². The van der Waals surface area contributed by atoms with Gasteiger partial charge in [0, 0.05) is 25.7 Å².